The fourth-order valence-electron chi connectivity index (χ4n) is 3.07. The highest BCUT2D eigenvalue weighted by Crippen LogP contribution is 2.49. The van der Waals surface area contributed by atoms with E-state index in [0.29, 0.717) is 11.6 Å². The Bertz CT molecular complexity index is 711. The number of rotatable bonds is 5. The van der Waals surface area contributed by atoms with Crippen LogP contribution < -0.4 is 4.74 Å². The van der Waals surface area contributed by atoms with Crippen molar-refractivity contribution < 1.29 is 9.53 Å². The molecular formula is C19H20ClNO2. The number of methoxy groups -OCH3 is 1. The summed E-state index contributed by atoms with van der Waals surface area (Å²) in [5.41, 5.74) is 1.68. The molecule has 0 aliphatic heterocycles. The predicted molar refractivity (Wildman–Crippen MR) is 91.8 cm³/mol. The van der Waals surface area contributed by atoms with Crippen molar-refractivity contribution in [3.63, 3.8) is 0 Å². The average molecular weight is 330 g/mol. The van der Waals surface area contributed by atoms with E-state index in [2.05, 4.69) is 0 Å². The summed E-state index contributed by atoms with van der Waals surface area (Å²) < 4.78 is 5.37. The van der Waals surface area contributed by atoms with E-state index in [9.17, 15) is 4.79 Å². The lowest BCUT2D eigenvalue weighted by atomic mass is 9.94. The van der Waals surface area contributed by atoms with Gasteiger partial charge in [0.05, 0.1) is 12.5 Å². The van der Waals surface area contributed by atoms with Crippen LogP contribution in [-0.4, -0.2) is 25.0 Å². The summed E-state index contributed by atoms with van der Waals surface area (Å²) in [7, 11) is 3.46. The normalized spacial score (nSPS) is 15.1. The Labute approximate surface area is 141 Å². The minimum absolute atomic E-state index is 0.158. The van der Waals surface area contributed by atoms with Gasteiger partial charge in [0.1, 0.15) is 5.75 Å². The maximum atomic E-state index is 13.0. The lowest BCUT2D eigenvalue weighted by Crippen LogP contribution is -2.36. The van der Waals surface area contributed by atoms with Crippen molar-refractivity contribution in [2.75, 3.05) is 14.2 Å². The van der Waals surface area contributed by atoms with E-state index in [1.54, 1.807) is 18.1 Å². The fourth-order valence-corrected chi connectivity index (χ4v) is 3.27. The van der Waals surface area contributed by atoms with Gasteiger partial charge in [0, 0.05) is 24.2 Å². The molecular weight excluding hydrogens is 310 g/mol. The highest BCUT2D eigenvalue weighted by Gasteiger charge is 2.52. The van der Waals surface area contributed by atoms with Gasteiger partial charge >= 0.3 is 0 Å². The first-order valence-electron chi connectivity index (χ1n) is 7.70. The second-order valence-electron chi connectivity index (χ2n) is 6.07. The molecule has 0 unspecified atom stereocenters. The highest BCUT2D eigenvalue weighted by molar-refractivity contribution is 6.30. The molecule has 0 saturated heterocycles. The number of benzene rings is 2. The maximum absolute atomic E-state index is 13.0. The van der Waals surface area contributed by atoms with Crippen LogP contribution in [0.4, 0.5) is 0 Å². The largest absolute Gasteiger partial charge is 0.496 e. The lowest BCUT2D eigenvalue weighted by molar-refractivity contribution is -0.133. The molecule has 1 aliphatic carbocycles. The Balaban J connectivity index is 1.80. The minimum atomic E-state index is -0.345. The van der Waals surface area contributed by atoms with E-state index in [1.165, 1.54) is 0 Å². The molecule has 0 heterocycles. The van der Waals surface area contributed by atoms with Crippen LogP contribution in [0.15, 0.2) is 48.5 Å². The van der Waals surface area contributed by atoms with Crippen LogP contribution in [0, 0.1) is 0 Å². The van der Waals surface area contributed by atoms with Crippen LogP contribution in [0.1, 0.15) is 24.0 Å². The SMILES string of the molecule is COc1ccc(Cl)cc1CN(C)C(=O)C1(c2ccccc2)CC1. The Morgan fingerprint density at radius 3 is 2.52 bits per heavy atom. The maximum Gasteiger partial charge on any atom is 0.233 e. The van der Waals surface area contributed by atoms with Crippen molar-refractivity contribution in [2.24, 2.45) is 0 Å². The number of likely N-dealkylation sites (N-methyl/N-ethyl adjacent to an activating group) is 1. The van der Waals surface area contributed by atoms with Gasteiger partial charge in [0.25, 0.3) is 0 Å². The molecule has 23 heavy (non-hydrogen) atoms. The molecule has 1 amide bonds. The molecule has 0 spiro atoms. The zero-order valence-corrected chi connectivity index (χ0v) is 14.1. The van der Waals surface area contributed by atoms with Crippen LogP contribution >= 0.6 is 11.6 Å². The monoisotopic (exact) mass is 329 g/mol. The minimum Gasteiger partial charge on any atom is -0.496 e. The Morgan fingerprint density at radius 2 is 1.91 bits per heavy atom. The molecule has 2 aromatic rings. The smallest absolute Gasteiger partial charge is 0.233 e. The number of halogens is 1. The molecule has 1 fully saturated rings. The third-order valence-corrected chi connectivity index (χ3v) is 4.72. The number of carbonyl (C=O) groups excluding carboxylic acids is 1. The molecule has 0 N–H and O–H groups in total. The standard InChI is InChI=1S/C19H20ClNO2/c1-21(13-14-12-16(20)8-9-17(14)23-2)18(22)19(10-11-19)15-6-4-3-5-7-15/h3-9,12H,10-11,13H2,1-2H3. The summed E-state index contributed by atoms with van der Waals surface area (Å²) in [4.78, 5) is 14.7. The number of carbonyl (C=O) groups is 1. The number of amides is 1. The number of hydrogen-bond acceptors (Lipinski definition) is 2. The number of nitrogens with zero attached hydrogens (tertiary/aromatic N) is 1. The van der Waals surface area contributed by atoms with Crippen molar-refractivity contribution in [3.8, 4) is 5.75 Å². The topological polar surface area (TPSA) is 29.5 Å². The average Bonchev–Trinajstić information content (AvgIpc) is 3.37. The summed E-state index contributed by atoms with van der Waals surface area (Å²) >= 11 is 6.08. The molecule has 0 bridgehead atoms. The first-order chi connectivity index (χ1) is 11.1. The quantitative estimate of drug-likeness (QED) is 0.828. The van der Waals surface area contributed by atoms with E-state index in [1.807, 2.05) is 49.5 Å². The Kier molecular flexibility index (Phi) is 4.31. The van der Waals surface area contributed by atoms with Gasteiger partial charge in [-0.25, -0.2) is 0 Å². The summed E-state index contributed by atoms with van der Waals surface area (Å²) in [6.45, 7) is 0.483. The van der Waals surface area contributed by atoms with Crippen LogP contribution in [0.5, 0.6) is 5.75 Å². The molecule has 1 saturated carbocycles. The van der Waals surface area contributed by atoms with E-state index >= 15 is 0 Å². The van der Waals surface area contributed by atoms with Crippen molar-refractivity contribution in [1.29, 1.82) is 0 Å². The predicted octanol–water partition coefficient (Wildman–Crippen LogP) is 4.04. The van der Waals surface area contributed by atoms with Gasteiger partial charge in [-0.05, 0) is 36.6 Å². The summed E-state index contributed by atoms with van der Waals surface area (Å²) in [5, 5.41) is 0.644. The molecule has 4 heteroatoms. The van der Waals surface area contributed by atoms with Gasteiger partial charge in [-0.3, -0.25) is 4.79 Å². The third-order valence-electron chi connectivity index (χ3n) is 4.48. The summed E-state index contributed by atoms with van der Waals surface area (Å²) in [6.07, 6.45) is 1.82. The second kappa shape index (κ2) is 6.25. The Hall–Kier alpha value is -2.00. The van der Waals surface area contributed by atoms with Crippen LogP contribution in [0.2, 0.25) is 5.02 Å². The molecule has 3 rings (SSSR count). The van der Waals surface area contributed by atoms with Crippen molar-refractivity contribution >= 4 is 17.5 Å². The van der Waals surface area contributed by atoms with Gasteiger partial charge in [-0.15, -0.1) is 0 Å². The van der Waals surface area contributed by atoms with Crippen LogP contribution in [0.25, 0.3) is 0 Å². The van der Waals surface area contributed by atoms with E-state index < -0.39 is 0 Å². The first-order valence-corrected chi connectivity index (χ1v) is 8.08. The third kappa shape index (κ3) is 3.06. The van der Waals surface area contributed by atoms with Gasteiger partial charge in [-0.2, -0.15) is 0 Å². The van der Waals surface area contributed by atoms with Crippen LogP contribution in [0.3, 0.4) is 0 Å². The van der Waals surface area contributed by atoms with Crippen molar-refractivity contribution in [1.82, 2.24) is 4.90 Å². The molecule has 120 valence electrons. The molecule has 2 aromatic carbocycles. The summed E-state index contributed by atoms with van der Waals surface area (Å²) in [5.74, 6) is 0.907. The van der Waals surface area contributed by atoms with Crippen LogP contribution in [-0.2, 0) is 16.8 Å². The zero-order chi connectivity index (χ0) is 16.4. The number of ether oxygens (including phenoxy) is 1. The van der Waals surface area contributed by atoms with Gasteiger partial charge in [0.2, 0.25) is 5.91 Å². The number of hydrogen-bond donors (Lipinski definition) is 0. The van der Waals surface area contributed by atoms with Gasteiger partial charge in [0.15, 0.2) is 0 Å². The first kappa shape index (κ1) is 15.9. The van der Waals surface area contributed by atoms with E-state index in [4.69, 9.17) is 16.3 Å². The van der Waals surface area contributed by atoms with Crippen molar-refractivity contribution in [3.05, 3.63) is 64.7 Å². The molecule has 3 nitrogen and oxygen atoms in total. The molecule has 1 aliphatic rings. The van der Waals surface area contributed by atoms with Gasteiger partial charge in [-0.1, -0.05) is 41.9 Å². The molecule has 0 aromatic heterocycles. The van der Waals surface area contributed by atoms with Gasteiger partial charge < -0.3 is 9.64 Å². The van der Waals surface area contributed by atoms with Crippen molar-refractivity contribution in [2.45, 2.75) is 24.8 Å². The molecule has 0 atom stereocenters. The zero-order valence-electron chi connectivity index (χ0n) is 13.4. The lowest BCUT2D eigenvalue weighted by Gasteiger charge is -2.24. The second-order valence-corrected chi connectivity index (χ2v) is 6.50. The molecule has 0 radical (unpaired) electrons. The fraction of sp³-hybridized carbons (Fsp3) is 0.316. The Morgan fingerprint density at radius 1 is 1.22 bits per heavy atom. The van der Waals surface area contributed by atoms with E-state index in [0.717, 1.165) is 29.7 Å². The van der Waals surface area contributed by atoms with E-state index in [-0.39, 0.29) is 11.3 Å². The summed E-state index contributed by atoms with van der Waals surface area (Å²) in [6, 6.07) is 15.5. The highest BCUT2D eigenvalue weighted by atomic mass is 35.5.